The Morgan fingerprint density at radius 3 is 2.52 bits per heavy atom. The maximum absolute atomic E-state index is 12.8. The first-order valence-electron chi connectivity index (χ1n) is 9.06. The van der Waals surface area contributed by atoms with E-state index in [1.807, 2.05) is 0 Å². The van der Waals surface area contributed by atoms with Crippen LogP contribution in [0, 0.1) is 12.7 Å². The van der Waals surface area contributed by atoms with Gasteiger partial charge >= 0.3 is 0 Å². The van der Waals surface area contributed by atoms with Crippen LogP contribution in [0.4, 0.5) is 10.1 Å². The van der Waals surface area contributed by atoms with Crippen molar-refractivity contribution >= 4 is 33.2 Å². The predicted octanol–water partition coefficient (Wildman–Crippen LogP) is 3.53. The highest BCUT2D eigenvalue weighted by Gasteiger charge is 2.19. The molecule has 0 saturated heterocycles. The van der Waals surface area contributed by atoms with Crippen molar-refractivity contribution in [3.63, 3.8) is 0 Å². The highest BCUT2D eigenvalue weighted by molar-refractivity contribution is 7.92. The van der Waals surface area contributed by atoms with Crippen molar-refractivity contribution < 1.29 is 22.3 Å². The van der Waals surface area contributed by atoms with E-state index in [0.29, 0.717) is 29.4 Å². The van der Waals surface area contributed by atoms with E-state index < -0.39 is 10.0 Å². The quantitative estimate of drug-likeness (QED) is 0.571. The lowest BCUT2D eigenvalue weighted by atomic mass is 10.2. The number of ether oxygens (including phenoxy) is 1. The van der Waals surface area contributed by atoms with Crippen LogP contribution < -0.4 is 14.4 Å². The van der Waals surface area contributed by atoms with Gasteiger partial charge in [0.1, 0.15) is 18.2 Å². The SMILES string of the molecule is Cc1cc(Cl)ccc1N(CCCC(=O)NCCOc1ccc(F)cc1)S(C)(=O)=O. The van der Waals surface area contributed by atoms with Crippen LogP contribution in [0.1, 0.15) is 18.4 Å². The summed E-state index contributed by atoms with van der Waals surface area (Å²) in [6.45, 7) is 2.51. The van der Waals surface area contributed by atoms with Crippen LogP contribution >= 0.6 is 11.6 Å². The molecule has 2 aromatic carbocycles. The van der Waals surface area contributed by atoms with Crippen LogP contribution in [-0.2, 0) is 14.8 Å². The number of carbonyl (C=O) groups is 1. The number of amides is 1. The van der Waals surface area contributed by atoms with Gasteiger partial charge in [-0.05, 0) is 61.4 Å². The zero-order valence-corrected chi connectivity index (χ0v) is 17.9. The number of sulfonamides is 1. The van der Waals surface area contributed by atoms with Crippen LogP contribution in [0.25, 0.3) is 0 Å². The van der Waals surface area contributed by atoms with Gasteiger partial charge in [-0.1, -0.05) is 11.6 Å². The molecule has 158 valence electrons. The molecular weight excluding hydrogens is 419 g/mol. The van der Waals surface area contributed by atoms with E-state index in [0.717, 1.165) is 11.8 Å². The van der Waals surface area contributed by atoms with Gasteiger partial charge in [0.2, 0.25) is 15.9 Å². The molecule has 2 rings (SSSR count). The number of nitrogens with zero attached hydrogens (tertiary/aromatic N) is 1. The lowest BCUT2D eigenvalue weighted by molar-refractivity contribution is -0.121. The maximum Gasteiger partial charge on any atom is 0.232 e. The second-order valence-electron chi connectivity index (χ2n) is 6.52. The third kappa shape index (κ3) is 7.55. The molecule has 1 N–H and O–H groups in total. The summed E-state index contributed by atoms with van der Waals surface area (Å²) >= 11 is 5.94. The molecule has 1 amide bonds. The number of rotatable bonds is 10. The van der Waals surface area contributed by atoms with Crippen LogP contribution in [0.3, 0.4) is 0 Å². The van der Waals surface area contributed by atoms with E-state index in [2.05, 4.69) is 5.32 Å². The third-order valence-corrected chi connectivity index (χ3v) is 5.51. The molecule has 0 heterocycles. The number of halogens is 2. The molecule has 0 spiro atoms. The number of hydrogen-bond donors (Lipinski definition) is 1. The monoisotopic (exact) mass is 442 g/mol. The van der Waals surface area contributed by atoms with Crippen molar-refractivity contribution in [2.24, 2.45) is 0 Å². The summed E-state index contributed by atoms with van der Waals surface area (Å²) in [6, 6.07) is 10.6. The molecule has 29 heavy (non-hydrogen) atoms. The minimum atomic E-state index is -3.49. The second-order valence-corrected chi connectivity index (χ2v) is 8.87. The lowest BCUT2D eigenvalue weighted by Crippen LogP contribution is -2.33. The van der Waals surface area contributed by atoms with Crippen LogP contribution in [0.5, 0.6) is 5.75 Å². The molecule has 0 unspecified atom stereocenters. The van der Waals surface area contributed by atoms with Gasteiger partial charge in [-0.3, -0.25) is 9.10 Å². The van der Waals surface area contributed by atoms with Gasteiger partial charge in [-0.25, -0.2) is 12.8 Å². The average molecular weight is 443 g/mol. The number of anilines is 1. The van der Waals surface area contributed by atoms with Gasteiger partial charge in [-0.2, -0.15) is 0 Å². The maximum atomic E-state index is 12.8. The molecule has 0 saturated carbocycles. The molecule has 2 aromatic rings. The number of benzene rings is 2. The Balaban J connectivity index is 1.78. The van der Waals surface area contributed by atoms with Crippen molar-refractivity contribution in [1.29, 1.82) is 0 Å². The summed E-state index contributed by atoms with van der Waals surface area (Å²) in [5.74, 6) is -0.0284. The predicted molar refractivity (Wildman–Crippen MR) is 113 cm³/mol. The van der Waals surface area contributed by atoms with Gasteiger partial charge in [-0.15, -0.1) is 0 Å². The smallest absolute Gasteiger partial charge is 0.232 e. The molecule has 0 atom stereocenters. The summed E-state index contributed by atoms with van der Waals surface area (Å²) in [4.78, 5) is 12.0. The second kappa shape index (κ2) is 10.5. The standard InChI is InChI=1S/C20H24ClFN2O4S/c1-15-14-16(21)5-10-19(15)24(29(2,26)27)12-3-4-20(25)23-11-13-28-18-8-6-17(22)7-9-18/h5-10,14H,3-4,11-13H2,1-2H3,(H,23,25). The van der Waals surface area contributed by atoms with Crippen LogP contribution in [0.15, 0.2) is 42.5 Å². The topological polar surface area (TPSA) is 75.7 Å². The van der Waals surface area contributed by atoms with Crippen LogP contribution in [-0.4, -0.2) is 40.3 Å². The van der Waals surface area contributed by atoms with Crippen molar-refractivity contribution in [2.45, 2.75) is 19.8 Å². The fourth-order valence-electron chi connectivity index (χ4n) is 2.73. The van der Waals surface area contributed by atoms with Gasteiger partial charge in [0.25, 0.3) is 0 Å². The number of hydrogen-bond acceptors (Lipinski definition) is 4. The largest absolute Gasteiger partial charge is 0.492 e. The summed E-state index contributed by atoms with van der Waals surface area (Å²) in [5.41, 5.74) is 1.29. The Morgan fingerprint density at radius 2 is 1.90 bits per heavy atom. The average Bonchev–Trinajstić information content (AvgIpc) is 2.64. The zero-order chi connectivity index (χ0) is 21.4. The molecular formula is C20H24ClFN2O4S. The molecule has 0 aromatic heterocycles. The van der Waals surface area contributed by atoms with Crippen molar-refractivity contribution in [1.82, 2.24) is 5.32 Å². The Labute approximate surface area is 175 Å². The van der Waals surface area contributed by atoms with Gasteiger partial charge in [0.05, 0.1) is 18.5 Å². The first kappa shape index (κ1) is 23.0. The first-order chi connectivity index (χ1) is 13.7. The molecule has 9 heteroatoms. The van der Waals surface area contributed by atoms with E-state index in [4.69, 9.17) is 16.3 Å². The van der Waals surface area contributed by atoms with E-state index >= 15 is 0 Å². The Hall–Kier alpha value is -2.32. The summed E-state index contributed by atoms with van der Waals surface area (Å²) in [6.07, 6.45) is 1.67. The molecule has 0 bridgehead atoms. The number of carbonyl (C=O) groups excluding carboxylic acids is 1. The van der Waals surface area contributed by atoms with E-state index in [-0.39, 0.29) is 31.3 Å². The normalized spacial score (nSPS) is 11.2. The minimum absolute atomic E-state index is 0.176. The highest BCUT2D eigenvalue weighted by Crippen LogP contribution is 2.25. The van der Waals surface area contributed by atoms with E-state index in [1.54, 1.807) is 25.1 Å². The number of nitrogens with one attached hydrogen (secondary N) is 1. The molecule has 0 fully saturated rings. The Morgan fingerprint density at radius 1 is 1.21 bits per heavy atom. The van der Waals surface area contributed by atoms with E-state index in [1.165, 1.54) is 28.6 Å². The summed E-state index contributed by atoms with van der Waals surface area (Å²) in [5, 5.41) is 3.24. The lowest BCUT2D eigenvalue weighted by Gasteiger charge is -2.24. The van der Waals surface area contributed by atoms with Gasteiger partial charge in [0.15, 0.2) is 0 Å². The van der Waals surface area contributed by atoms with Crippen molar-refractivity contribution in [3.05, 3.63) is 58.9 Å². The fourth-order valence-corrected chi connectivity index (χ4v) is 3.97. The zero-order valence-electron chi connectivity index (χ0n) is 16.3. The highest BCUT2D eigenvalue weighted by atomic mass is 35.5. The van der Waals surface area contributed by atoms with Crippen molar-refractivity contribution in [2.75, 3.05) is 30.3 Å². The summed E-state index contributed by atoms with van der Waals surface area (Å²) < 4.78 is 43.8. The minimum Gasteiger partial charge on any atom is -0.492 e. The van der Waals surface area contributed by atoms with Crippen molar-refractivity contribution in [3.8, 4) is 5.75 Å². The summed E-state index contributed by atoms with van der Waals surface area (Å²) in [7, 11) is -3.49. The fraction of sp³-hybridized carbons (Fsp3) is 0.350. The molecule has 0 radical (unpaired) electrons. The van der Waals surface area contributed by atoms with Gasteiger partial charge in [0, 0.05) is 18.0 Å². The molecule has 0 aliphatic rings. The molecule has 0 aliphatic heterocycles. The Kier molecular flexibility index (Phi) is 8.28. The first-order valence-corrected chi connectivity index (χ1v) is 11.3. The Bertz CT molecular complexity index is 936. The molecule has 6 nitrogen and oxygen atoms in total. The number of aryl methyl sites for hydroxylation is 1. The van der Waals surface area contributed by atoms with Gasteiger partial charge < -0.3 is 10.1 Å². The third-order valence-electron chi connectivity index (χ3n) is 4.10. The van der Waals surface area contributed by atoms with Crippen LogP contribution in [0.2, 0.25) is 5.02 Å². The molecule has 0 aliphatic carbocycles. The van der Waals surface area contributed by atoms with E-state index in [9.17, 15) is 17.6 Å².